The number of nitrogens with zero attached hydrogens (tertiary/aromatic N) is 3. The van der Waals surface area contributed by atoms with E-state index in [4.69, 9.17) is 0 Å². The van der Waals surface area contributed by atoms with E-state index in [0.29, 0.717) is 23.9 Å². The van der Waals surface area contributed by atoms with E-state index in [1.165, 1.54) is 23.6 Å². The van der Waals surface area contributed by atoms with Gasteiger partial charge in [-0.1, -0.05) is 0 Å². The molecule has 2 aromatic rings. The number of nitrogens with one attached hydrogen (secondary N) is 2. The largest absolute Gasteiger partial charge is 0.504 e. The average Bonchev–Trinajstić information content (AvgIpc) is 2.98. The Bertz CT molecular complexity index is 733. The third kappa shape index (κ3) is 3.57. The molecule has 2 aromatic heterocycles. The minimum Gasteiger partial charge on any atom is -0.504 e. The standard InChI is InChI=1S/C14H15N5O3S/c20-10-3-1-4-15-12(10)18-11(21)7-9-8-23-14(17-9)19-6-2-5-16-13(19)22/h1,3-4,8,20H,2,5-7H2,(H,16,22)(H,15,18,21). The van der Waals surface area contributed by atoms with Crippen LogP contribution in [-0.2, 0) is 11.2 Å². The van der Waals surface area contributed by atoms with Gasteiger partial charge < -0.3 is 15.7 Å². The Balaban J connectivity index is 1.63. The van der Waals surface area contributed by atoms with Crippen molar-refractivity contribution in [2.24, 2.45) is 0 Å². The fourth-order valence-corrected chi connectivity index (χ4v) is 3.00. The fourth-order valence-electron chi connectivity index (χ4n) is 2.15. The van der Waals surface area contributed by atoms with Gasteiger partial charge in [-0.3, -0.25) is 9.69 Å². The van der Waals surface area contributed by atoms with E-state index >= 15 is 0 Å². The molecule has 0 radical (unpaired) electrons. The van der Waals surface area contributed by atoms with Gasteiger partial charge in [0.05, 0.1) is 12.1 Å². The Morgan fingerprint density at radius 3 is 3.17 bits per heavy atom. The molecule has 0 spiro atoms. The number of carbonyl (C=O) groups excluding carboxylic acids is 2. The van der Waals surface area contributed by atoms with Crippen LogP contribution in [-0.4, -0.2) is 40.1 Å². The van der Waals surface area contributed by atoms with E-state index in [9.17, 15) is 14.7 Å². The summed E-state index contributed by atoms with van der Waals surface area (Å²) >= 11 is 1.32. The summed E-state index contributed by atoms with van der Waals surface area (Å²) in [5.74, 6) is -0.313. The van der Waals surface area contributed by atoms with Gasteiger partial charge in [0.1, 0.15) is 0 Å². The van der Waals surface area contributed by atoms with Gasteiger partial charge in [0.25, 0.3) is 0 Å². The highest BCUT2D eigenvalue weighted by molar-refractivity contribution is 7.14. The minimum atomic E-state index is -0.334. The zero-order chi connectivity index (χ0) is 16.2. The Labute approximate surface area is 136 Å². The second-order valence-corrected chi connectivity index (χ2v) is 5.79. The summed E-state index contributed by atoms with van der Waals surface area (Å²) in [5, 5.41) is 17.2. The van der Waals surface area contributed by atoms with Crippen molar-refractivity contribution in [1.29, 1.82) is 0 Å². The number of thiazole rings is 1. The van der Waals surface area contributed by atoms with Crippen LogP contribution >= 0.6 is 11.3 Å². The molecular formula is C14H15N5O3S. The van der Waals surface area contributed by atoms with Gasteiger partial charge in [-0.2, -0.15) is 0 Å². The molecule has 0 bridgehead atoms. The molecule has 1 saturated heterocycles. The van der Waals surface area contributed by atoms with Crippen LogP contribution in [0.25, 0.3) is 0 Å². The first-order chi connectivity index (χ1) is 11.1. The van der Waals surface area contributed by atoms with Crippen molar-refractivity contribution < 1.29 is 14.7 Å². The quantitative estimate of drug-likeness (QED) is 0.783. The highest BCUT2D eigenvalue weighted by Crippen LogP contribution is 2.23. The van der Waals surface area contributed by atoms with Crippen LogP contribution in [0.2, 0.25) is 0 Å². The normalized spacial score (nSPS) is 14.4. The minimum absolute atomic E-state index is 0.0436. The molecule has 3 heterocycles. The number of pyridine rings is 1. The molecule has 120 valence electrons. The number of hydrogen-bond donors (Lipinski definition) is 3. The van der Waals surface area contributed by atoms with Gasteiger partial charge in [0, 0.05) is 24.7 Å². The van der Waals surface area contributed by atoms with Crippen LogP contribution < -0.4 is 15.5 Å². The predicted octanol–water partition coefficient (Wildman–Crippen LogP) is 1.34. The number of amides is 3. The molecule has 3 amide bonds. The second kappa shape index (κ2) is 6.61. The number of aromatic hydroxyl groups is 1. The lowest BCUT2D eigenvalue weighted by Crippen LogP contribution is -2.46. The first-order valence-electron chi connectivity index (χ1n) is 7.07. The maximum atomic E-state index is 12.0. The van der Waals surface area contributed by atoms with Crippen molar-refractivity contribution in [2.75, 3.05) is 23.3 Å². The van der Waals surface area contributed by atoms with Gasteiger partial charge >= 0.3 is 6.03 Å². The van der Waals surface area contributed by atoms with Crippen molar-refractivity contribution in [1.82, 2.24) is 15.3 Å². The molecule has 0 unspecified atom stereocenters. The molecule has 0 saturated carbocycles. The van der Waals surface area contributed by atoms with Gasteiger partial charge in [0.15, 0.2) is 16.7 Å². The molecule has 23 heavy (non-hydrogen) atoms. The summed E-state index contributed by atoms with van der Waals surface area (Å²) in [6.07, 6.45) is 2.38. The van der Waals surface area contributed by atoms with Crippen LogP contribution in [0.4, 0.5) is 15.7 Å². The van der Waals surface area contributed by atoms with Gasteiger partial charge in [-0.05, 0) is 18.6 Å². The number of carbonyl (C=O) groups is 2. The number of anilines is 2. The molecule has 1 aliphatic heterocycles. The van der Waals surface area contributed by atoms with Gasteiger partial charge in [-0.25, -0.2) is 14.8 Å². The lowest BCUT2D eigenvalue weighted by molar-refractivity contribution is -0.115. The zero-order valence-corrected chi connectivity index (χ0v) is 13.0. The lowest BCUT2D eigenvalue weighted by Gasteiger charge is -2.24. The van der Waals surface area contributed by atoms with Crippen LogP contribution in [0.15, 0.2) is 23.7 Å². The smallest absolute Gasteiger partial charge is 0.323 e. The van der Waals surface area contributed by atoms with Crippen LogP contribution in [0.5, 0.6) is 5.75 Å². The zero-order valence-electron chi connectivity index (χ0n) is 12.2. The van der Waals surface area contributed by atoms with E-state index in [1.54, 1.807) is 16.3 Å². The third-order valence-corrected chi connectivity index (χ3v) is 4.15. The van der Waals surface area contributed by atoms with Crippen molar-refractivity contribution in [2.45, 2.75) is 12.8 Å². The van der Waals surface area contributed by atoms with E-state index in [0.717, 1.165) is 6.42 Å². The van der Waals surface area contributed by atoms with Crippen LogP contribution in [0, 0.1) is 0 Å². The number of rotatable bonds is 4. The first-order valence-corrected chi connectivity index (χ1v) is 7.95. The maximum Gasteiger partial charge on any atom is 0.323 e. The fraction of sp³-hybridized carbons (Fsp3) is 0.286. The van der Waals surface area contributed by atoms with Gasteiger partial charge in [-0.15, -0.1) is 11.3 Å². The lowest BCUT2D eigenvalue weighted by atomic mass is 10.3. The van der Waals surface area contributed by atoms with Gasteiger partial charge in [0.2, 0.25) is 5.91 Å². The summed E-state index contributed by atoms with van der Waals surface area (Å²) in [5.41, 5.74) is 0.566. The summed E-state index contributed by atoms with van der Waals surface area (Å²) in [7, 11) is 0. The Morgan fingerprint density at radius 1 is 1.52 bits per heavy atom. The molecule has 1 aliphatic rings. The first kappa shape index (κ1) is 15.2. The van der Waals surface area contributed by atoms with Crippen molar-refractivity contribution in [3.8, 4) is 5.75 Å². The molecule has 8 nitrogen and oxygen atoms in total. The van der Waals surface area contributed by atoms with Crippen LogP contribution in [0.1, 0.15) is 12.1 Å². The Hall–Kier alpha value is -2.68. The van der Waals surface area contributed by atoms with E-state index in [-0.39, 0.29) is 29.9 Å². The maximum absolute atomic E-state index is 12.0. The number of hydrogen-bond acceptors (Lipinski definition) is 6. The molecule has 0 aliphatic carbocycles. The molecule has 3 N–H and O–H groups in total. The van der Waals surface area contributed by atoms with E-state index in [2.05, 4.69) is 20.6 Å². The summed E-state index contributed by atoms with van der Waals surface area (Å²) in [6, 6.07) is 2.85. The van der Waals surface area contributed by atoms with Crippen molar-refractivity contribution in [3.63, 3.8) is 0 Å². The van der Waals surface area contributed by atoms with Crippen LogP contribution in [0.3, 0.4) is 0 Å². The SMILES string of the molecule is O=C(Cc1csc(N2CCCNC2=O)n1)Nc1ncccc1O. The molecule has 0 aromatic carbocycles. The highest BCUT2D eigenvalue weighted by Gasteiger charge is 2.22. The molecule has 9 heteroatoms. The molecular weight excluding hydrogens is 318 g/mol. The number of aromatic nitrogens is 2. The predicted molar refractivity (Wildman–Crippen MR) is 85.7 cm³/mol. The van der Waals surface area contributed by atoms with E-state index < -0.39 is 0 Å². The Morgan fingerprint density at radius 2 is 2.39 bits per heavy atom. The topological polar surface area (TPSA) is 107 Å². The highest BCUT2D eigenvalue weighted by atomic mass is 32.1. The summed E-state index contributed by atoms with van der Waals surface area (Å²) < 4.78 is 0. The monoisotopic (exact) mass is 333 g/mol. The molecule has 0 atom stereocenters. The number of urea groups is 1. The summed E-state index contributed by atoms with van der Waals surface area (Å²) in [4.78, 5) is 33.5. The van der Waals surface area contributed by atoms with E-state index in [1.807, 2.05) is 0 Å². The molecule has 1 fully saturated rings. The average molecular weight is 333 g/mol. The Kier molecular flexibility index (Phi) is 4.38. The third-order valence-electron chi connectivity index (χ3n) is 3.24. The molecule has 3 rings (SSSR count). The summed E-state index contributed by atoms with van der Waals surface area (Å²) in [6.45, 7) is 1.29. The second-order valence-electron chi connectivity index (χ2n) is 4.95. The van der Waals surface area contributed by atoms with Crippen molar-refractivity contribution in [3.05, 3.63) is 29.4 Å². The van der Waals surface area contributed by atoms with Crippen molar-refractivity contribution >= 4 is 34.2 Å².